The average molecular weight is 289 g/mol. The second kappa shape index (κ2) is 5.92. The van der Waals surface area contributed by atoms with Crippen LogP contribution in [0.2, 0.25) is 0 Å². The van der Waals surface area contributed by atoms with E-state index in [0.717, 1.165) is 23.5 Å². The predicted molar refractivity (Wildman–Crippen MR) is 74.6 cm³/mol. The number of hydrogen-bond acceptors (Lipinski definition) is 6. The Morgan fingerprint density at radius 1 is 1.33 bits per heavy atom. The van der Waals surface area contributed by atoms with Crippen molar-refractivity contribution < 1.29 is 13.9 Å². The third-order valence-corrected chi connectivity index (χ3v) is 3.32. The third kappa shape index (κ3) is 3.03. The van der Waals surface area contributed by atoms with Crippen LogP contribution in [0.5, 0.6) is 0 Å². The number of aromatic nitrogens is 2. The highest BCUT2D eigenvalue weighted by Gasteiger charge is 2.15. The zero-order chi connectivity index (χ0) is 14.7. The van der Waals surface area contributed by atoms with Crippen molar-refractivity contribution in [3.8, 4) is 0 Å². The Labute approximate surface area is 120 Å². The van der Waals surface area contributed by atoms with Crippen molar-refractivity contribution in [1.29, 1.82) is 0 Å². The van der Waals surface area contributed by atoms with Crippen LogP contribution in [-0.4, -0.2) is 41.9 Å². The van der Waals surface area contributed by atoms with Crippen molar-refractivity contribution in [3.63, 3.8) is 0 Å². The molecule has 1 aliphatic rings. The highest BCUT2D eigenvalue weighted by Crippen LogP contribution is 2.11. The second-order valence-electron chi connectivity index (χ2n) is 4.71. The summed E-state index contributed by atoms with van der Waals surface area (Å²) in [5, 5.41) is 4.06. The minimum Gasteiger partial charge on any atom is -0.461 e. The fourth-order valence-electron chi connectivity index (χ4n) is 2.19. The summed E-state index contributed by atoms with van der Waals surface area (Å²) in [6, 6.07) is 4.69. The van der Waals surface area contributed by atoms with Gasteiger partial charge in [0.05, 0.1) is 31.4 Å². The molecule has 1 aliphatic heterocycles. The number of carbonyl (C=O) groups excluding carboxylic acids is 1. The number of furan rings is 1. The zero-order valence-electron chi connectivity index (χ0n) is 11.4. The van der Waals surface area contributed by atoms with E-state index in [2.05, 4.69) is 5.10 Å². The molecule has 0 radical (unpaired) electrons. The fraction of sp³-hybridized carbons (Fsp3) is 0.357. The maximum Gasteiger partial charge on any atom is 0.269 e. The molecular formula is C14H15N3O4. The van der Waals surface area contributed by atoms with Gasteiger partial charge in [0.1, 0.15) is 6.54 Å². The van der Waals surface area contributed by atoms with Gasteiger partial charge >= 0.3 is 0 Å². The summed E-state index contributed by atoms with van der Waals surface area (Å²) in [4.78, 5) is 26.0. The molecule has 2 aromatic heterocycles. The highest BCUT2D eigenvalue weighted by molar-refractivity contribution is 5.93. The second-order valence-corrected chi connectivity index (χ2v) is 4.71. The first kappa shape index (κ1) is 13.6. The van der Waals surface area contributed by atoms with Crippen molar-refractivity contribution in [2.24, 2.45) is 0 Å². The maximum absolute atomic E-state index is 12.0. The van der Waals surface area contributed by atoms with E-state index in [1.807, 2.05) is 4.90 Å². The fourth-order valence-corrected chi connectivity index (χ4v) is 2.19. The number of nitrogens with zero attached hydrogens (tertiary/aromatic N) is 3. The Kier molecular flexibility index (Phi) is 3.83. The summed E-state index contributed by atoms with van der Waals surface area (Å²) in [7, 11) is 0. The van der Waals surface area contributed by atoms with Crippen molar-refractivity contribution >= 4 is 11.5 Å². The molecule has 1 fully saturated rings. The average Bonchev–Trinajstić information content (AvgIpc) is 3.04. The van der Waals surface area contributed by atoms with Gasteiger partial charge in [-0.2, -0.15) is 5.10 Å². The van der Waals surface area contributed by atoms with E-state index in [9.17, 15) is 9.59 Å². The van der Waals surface area contributed by atoms with E-state index in [0.29, 0.717) is 13.2 Å². The van der Waals surface area contributed by atoms with E-state index in [1.54, 1.807) is 18.3 Å². The number of morpholine rings is 1. The van der Waals surface area contributed by atoms with E-state index in [-0.39, 0.29) is 23.6 Å². The van der Waals surface area contributed by atoms with Gasteiger partial charge in [-0.25, -0.2) is 4.68 Å². The van der Waals surface area contributed by atoms with Gasteiger partial charge in [0, 0.05) is 19.2 Å². The first-order valence-electron chi connectivity index (χ1n) is 6.70. The normalized spacial score (nSPS) is 15.1. The van der Waals surface area contributed by atoms with Crippen LogP contribution < -0.4 is 10.5 Å². The summed E-state index contributed by atoms with van der Waals surface area (Å²) >= 11 is 0. The van der Waals surface area contributed by atoms with Gasteiger partial charge in [0.2, 0.25) is 5.78 Å². The molecule has 0 aromatic carbocycles. The summed E-state index contributed by atoms with van der Waals surface area (Å²) in [6.45, 7) is 2.61. The minimum absolute atomic E-state index is 0.129. The number of hydrogen-bond donors (Lipinski definition) is 0. The van der Waals surface area contributed by atoms with Crippen LogP contribution in [0.4, 0.5) is 5.69 Å². The summed E-state index contributed by atoms with van der Waals surface area (Å²) < 4.78 is 11.4. The Morgan fingerprint density at radius 2 is 2.14 bits per heavy atom. The van der Waals surface area contributed by atoms with E-state index in [1.165, 1.54) is 12.3 Å². The molecule has 2 aromatic rings. The molecule has 0 bridgehead atoms. The number of ketones is 1. The van der Waals surface area contributed by atoms with E-state index >= 15 is 0 Å². The quantitative estimate of drug-likeness (QED) is 0.765. The van der Waals surface area contributed by atoms with Gasteiger partial charge in [0.15, 0.2) is 5.76 Å². The van der Waals surface area contributed by atoms with Crippen LogP contribution in [0.25, 0.3) is 0 Å². The largest absolute Gasteiger partial charge is 0.461 e. The van der Waals surface area contributed by atoms with Crippen molar-refractivity contribution in [2.75, 3.05) is 31.2 Å². The molecule has 0 N–H and O–H groups in total. The topological polar surface area (TPSA) is 77.6 Å². The first-order valence-corrected chi connectivity index (χ1v) is 6.70. The summed E-state index contributed by atoms with van der Waals surface area (Å²) in [6.07, 6.45) is 3.02. The SMILES string of the molecule is O=C(Cn1ncc(N2CCOCC2)cc1=O)c1ccco1. The van der Waals surface area contributed by atoms with Crippen LogP contribution >= 0.6 is 0 Å². The summed E-state index contributed by atoms with van der Waals surface area (Å²) in [5.74, 6) is -0.0605. The zero-order valence-corrected chi connectivity index (χ0v) is 11.4. The van der Waals surface area contributed by atoms with Crippen LogP contribution in [0.15, 0.2) is 39.9 Å². The van der Waals surface area contributed by atoms with Crippen LogP contribution in [0, 0.1) is 0 Å². The standard InChI is InChI=1S/C14H15N3O4/c18-12(13-2-1-5-21-13)10-17-14(19)8-11(9-15-17)16-3-6-20-7-4-16/h1-2,5,8-9H,3-4,6-7,10H2. The molecule has 3 rings (SSSR count). The molecule has 3 heterocycles. The van der Waals surface area contributed by atoms with E-state index < -0.39 is 0 Å². The Hall–Kier alpha value is -2.41. The van der Waals surface area contributed by atoms with E-state index in [4.69, 9.17) is 9.15 Å². The molecule has 0 unspecified atom stereocenters. The van der Waals surface area contributed by atoms with Gasteiger partial charge in [-0.3, -0.25) is 9.59 Å². The lowest BCUT2D eigenvalue weighted by atomic mass is 10.3. The Bertz CT molecular complexity index is 672. The highest BCUT2D eigenvalue weighted by atomic mass is 16.5. The Balaban J connectivity index is 1.75. The molecule has 0 atom stereocenters. The monoisotopic (exact) mass is 289 g/mol. The van der Waals surface area contributed by atoms with Crippen molar-refractivity contribution in [2.45, 2.75) is 6.54 Å². The lowest BCUT2D eigenvalue weighted by molar-refractivity contribution is 0.0938. The molecule has 0 saturated carbocycles. The van der Waals surface area contributed by atoms with Gasteiger partial charge in [0.25, 0.3) is 5.56 Å². The molecule has 0 aliphatic carbocycles. The van der Waals surface area contributed by atoms with Gasteiger partial charge in [-0.05, 0) is 12.1 Å². The van der Waals surface area contributed by atoms with Gasteiger partial charge < -0.3 is 14.1 Å². The van der Waals surface area contributed by atoms with Crippen molar-refractivity contribution in [3.05, 3.63) is 46.8 Å². The Morgan fingerprint density at radius 3 is 2.81 bits per heavy atom. The molecule has 7 heteroatoms. The lowest BCUT2D eigenvalue weighted by Crippen LogP contribution is -2.37. The summed E-state index contributed by atoms with van der Waals surface area (Å²) in [5.41, 5.74) is 0.448. The smallest absolute Gasteiger partial charge is 0.269 e. The third-order valence-electron chi connectivity index (χ3n) is 3.32. The number of Topliss-reactive ketones (excluding diaryl/α,β-unsaturated/α-hetero) is 1. The van der Waals surface area contributed by atoms with Crippen LogP contribution in [0.1, 0.15) is 10.6 Å². The minimum atomic E-state index is -0.307. The maximum atomic E-state index is 12.0. The predicted octanol–water partition coefficient (Wildman–Crippen LogP) is 0.556. The molecule has 1 saturated heterocycles. The number of rotatable bonds is 4. The molecule has 21 heavy (non-hydrogen) atoms. The lowest BCUT2D eigenvalue weighted by Gasteiger charge is -2.28. The number of ether oxygens (including phenoxy) is 1. The number of anilines is 1. The van der Waals surface area contributed by atoms with Crippen molar-refractivity contribution in [1.82, 2.24) is 9.78 Å². The molecule has 7 nitrogen and oxygen atoms in total. The van der Waals surface area contributed by atoms with Gasteiger partial charge in [-0.1, -0.05) is 0 Å². The number of carbonyl (C=O) groups is 1. The molecule has 0 amide bonds. The molecule has 110 valence electrons. The van der Waals surface area contributed by atoms with Crippen LogP contribution in [0.3, 0.4) is 0 Å². The first-order chi connectivity index (χ1) is 10.2. The van der Waals surface area contributed by atoms with Gasteiger partial charge in [-0.15, -0.1) is 0 Å². The molecular weight excluding hydrogens is 274 g/mol. The molecule has 0 spiro atoms. The van der Waals surface area contributed by atoms with Crippen LogP contribution in [-0.2, 0) is 11.3 Å².